The molecule has 60 heavy (non-hydrogen) atoms. The van der Waals surface area contributed by atoms with E-state index in [4.69, 9.17) is 9.47 Å². The second kappa shape index (κ2) is 54.3. The maximum absolute atomic E-state index is 12.3. The lowest BCUT2D eigenvalue weighted by Crippen LogP contribution is -2.27. The van der Waals surface area contributed by atoms with Crippen molar-refractivity contribution in [2.45, 2.75) is 322 Å². The Labute approximate surface area is 377 Å². The Hall–Kier alpha value is -0.870. The summed E-state index contributed by atoms with van der Waals surface area (Å²) in [5.74, 6) is -0.192. The molecule has 0 radical (unpaired) electrons. The molecular weight excluding hydrogens is 737 g/mol. The molecule has 1 atom stereocenters. The average Bonchev–Trinajstić information content (AvgIpc) is 3.25. The summed E-state index contributed by atoms with van der Waals surface area (Å²) in [6.45, 7) is 5.42. The number of carbonyl (C=O) groups excluding carboxylic acids is 1. The molecule has 0 aromatic rings. The van der Waals surface area contributed by atoms with Gasteiger partial charge in [0.15, 0.2) is 0 Å². The van der Waals surface area contributed by atoms with E-state index in [1.165, 1.54) is 276 Å². The first-order valence-electron chi connectivity index (χ1n) is 27.8. The van der Waals surface area contributed by atoms with Crippen LogP contribution in [0.15, 0.2) is 12.2 Å². The van der Waals surface area contributed by atoms with Gasteiger partial charge < -0.3 is 14.6 Å². The molecule has 0 bridgehead atoms. The predicted octanol–water partition coefficient (Wildman–Crippen LogP) is 18.8. The maximum Gasteiger partial charge on any atom is 0.306 e. The predicted molar refractivity (Wildman–Crippen MR) is 265 cm³/mol. The van der Waals surface area contributed by atoms with Crippen LogP contribution in [0.4, 0.5) is 0 Å². The Kier molecular flexibility index (Phi) is 53.5. The van der Waals surface area contributed by atoms with Crippen LogP contribution < -0.4 is 0 Å². The van der Waals surface area contributed by atoms with Gasteiger partial charge >= 0.3 is 5.97 Å². The molecule has 0 amide bonds. The molecule has 0 saturated carbocycles. The number of allylic oxidation sites excluding steroid dienone is 2. The lowest BCUT2D eigenvalue weighted by molar-refractivity contribution is -0.154. The molecule has 0 saturated heterocycles. The Morgan fingerprint density at radius 2 is 0.650 bits per heavy atom. The number of ether oxygens (including phenoxy) is 2. The lowest BCUT2D eigenvalue weighted by atomic mass is 10.0. The topological polar surface area (TPSA) is 55.8 Å². The van der Waals surface area contributed by atoms with Gasteiger partial charge in [-0.3, -0.25) is 4.79 Å². The summed E-state index contributed by atoms with van der Waals surface area (Å²) in [4.78, 5) is 12.3. The highest BCUT2D eigenvalue weighted by Gasteiger charge is 2.13. The largest absolute Gasteiger partial charge is 0.457 e. The first-order chi connectivity index (χ1) is 29.7. The third kappa shape index (κ3) is 51.5. The van der Waals surface area contributed by atoms with Gasteiger partial charge in [0.2, 0.25) is 0 Å². The van der Waals surface area contributed by atoms with Gasteiger partial charge in [-0.25, -0.2) is 0 Å². The number of rotatable bonds is 53. The van der Waals surface area contributed by atoms with Gasteiger partial charge in [0, 0.05) is 13.0 Å². The SMILES string of the molecule is CCCCCCCCCC/C=C\CCCCCCCCCCCCCCCC(=O)OC(CO)COCCCCCCCCCCCCCCCCCCCCCCCCC. The number of aliphatic hydroxyl groups is 1. The van der Waals surface area contributed by atoms with E-state index in [0.717, 1.165) is 19.3 Å². The average molecular weight is 847 g/mol. The normalized spacial score (nSPS) is 12.2. The number of carbonyl (C=O) groups is 1. The Bertz CT molecular complexity index is 811. The molecule has 0 spiro atoms. The van der Waals surface area contributed by atoms with Gasteiger partial charge in [-0.2, -0.15) is 0 Å². The fourth-order valence-electron chi connectivity index (χ4n) is 8.68. The fourth-order valence-corrected chi connectivity index (χ4v) is 8.68. The molecule has 4 heteroatoms. The highest BCUT2D eigenvalue weighted by molar-refractivity contribution is 5.69. The molecule has 0 aromatic heterocycles. The molecule has 1 unspecified atom stereocenters. The van der Waals surface area contributed by atoms with Gasteiger partial charge in [-0.15, -0.1) is 0 Å². The number of esters is 1. The second-order valence-electron chi connectivity index (χ2n) is 19.0. The zero-order valence-corrected chi connectivity index (χ0v) is 41.3. The summed E-state index contributed by atoms with van der Waals surface area (Å²) in [5, 5.41) is 9.67. The summed E-state index contributed by atoms with van der Waals surface area (Å²) in [6, 6.07) is 0. The number of hydrogen-bond donors (Lipinski definition) is 1. The Balaban J connectivity index is 3.33. The Morgan fingerprint density at radius 3 is 0.950 bits per heavy atom. The summed E-state index contributed by atoms with van der Waals surface area (Å²) in [5.41, 5.74) is 0. The molecular formula is C56H110O4. The highest BCUT2D eigenvalue weighted by atomic mass is 16.6. The minimum absolute atomic E-state index is 0.164. The van der Waals surface area contributed by atoms with Gasteiger partial charge in [0.25, 0.3) is 0 Å². The maximum atomic E-state index is 12.3. The van der Waals surface area contributed by atoms with E-state index in [1.807, 2.05) is 0 Å². The van der Waals surface area contributed by atoms with Crippen LogP contribution in [-0.2, 0) is 14.3 Å². The number of hydrogen-bond acceptors (Lipinski definition) is 4. The van der Waals surface area contributed by atoms with E-state index in [2.05, 4.69) is 26.0 Å². The number of unbranched alkanes of at least 4 members (excludes halogenated alkanes) is 43. The first kappa shape index (κ1) is 59.1. The van der Waals surface area contributed by atoms with Crippen LogP contribution >= 0.6 is 0 Å². The summed E-state index contributed by atoms with van der Waals surface area (Å²) < 4.78 is 11.2. The van der Waals surface area contributed by atoms with Crippen molar-refractivity contribution in [1.82, 2.24) is 0 Å². The molecule has 0 fully saturated rings. The molecule has 358 valence electrons. The molecule has 0 aliphatic carbocycles. The monoisotopic (exact) mass is 847 g/mol. The standard InChI is InChI=1S/C56H110O4/c1-3-5-7-9-11-13-15-17-19-21-23-25-27-28-29-31-33-35-37-39-41-43-45-47-49-51-56(58)60-55(53-57)54-59-52-50-48-46-44-42-40-38-36-34-32-30-26-24-22-20-18-16-14-12-10-8-6-4-2/h21,23,55,57H,3-20,22,24-54H2,1-2H3/b23-21-. The van der Waals surface area contributed by atoms with Crippen molar-refractivity contribution in [3.63, 3.8) is 0 Å². The van der Waals surface area contributed by atoms with E-state index in [1.54, 1.807) is 0 Å². The summed E-state index contributed by atoms with van der Waals surface area (Å²) >= 11 is 0. The molecule has 0 rings (SSSR count). The van der Waals surface area contributed by atoms with Gasteiger partial charge in [0.1, 0.15) is 6.10 Å². The van der Waals surface area contributed by atoms with E-state index < -0.39 is 6.10 Å². The van der Waals surface area contributed by atoms with E-state index >= 15 is 0 Å². The highest BCUT2D eigenvalue weighted by Crippen LogP contribution is 2.17. The van der Waals surface area contributed by atoms with Crippen molar-refractivity contribution in [3.8, 4) is 0 Å². The molecule has 1 N–H and O–H groups in total. The third-order valence-electron chi connectivity index (χ3n) is 12.8. The molecule has 0 aliphatic rings. The van der Waals surface area contributed by atoms with E-state index in [-0.39, 0.29) is 12.6 Å². The van der Waals surface area contributed by atoms with Gasteiger partial charge in [0.05, 0.1) is 13.2 Å². The first-order valence-corrected chi connectivity index (χ1v) is 27.8. The molecule has 0 aromatic carbocycles. The van der Waals surface area contributed by atoms with Crippen molar-refractivity contribution in [1.29, 1.82) is 0 Å². The second-order valence-corrected chi connectivity index (χ2v) is 19.0. The quantitative estimate of drug-likeness (QED) is 0.0376. The lowest BCUT2D eigenvalue weighted by Gasteiger charge is -2.16. The van der Waals surface area contributed by atoms with Crippen LogP contribution in [0, 0.1) is 0 Å². The van der Waals surface area contributed by atoms with Crippen molar-refractivity contribution < 1.29 is 19.4 Å². The fraction of sp³-hybridized carbons (Fsp3) is 0.946. The Morgan fingerprint density at radius 1 is 0.383 bits per heavy atom. The number of aliphatic hydroxyl groups excluding tert-OH is 1. The van der Waals surface area contributed by atoms with Crippen molar-refractivity contribution >= 4 is 5.97 Å². The third-order valence-corrected chi connectivity index (χ3v) is 12.8. The van der Waals surface area contributed by atoms with Crippen LogP contribution in [0.5, 0.6) is 0 Å². The molecule has 0 heterocycles. The van der Waals surface area contributed by atoms with E-state index in [9.17, 15) is 9.90 Å². The van der Waals surface area contributed by atoms with Crippen LogP contribution in [0.1, 0.15) is 316 Å². The summed E-state index contributed by atoms with van der Waals surface area (Å²) in [7, 11) is 0. The van der Waals surface area contributed by atoms with Gasteiger partial charge in [-0.1, -0.05) is 283 Å². The van der Waals surface area contributed by atoms with Crippen molar-refractivity contribution in [3.05, 3.63) is 12.2 Å². The molecule has 4 nitrogen and oxygen atoms in total. The van der Waals surface area contributed by atoms with Crippen LogP contribution in [0.25, 0.3) is 0 Å². The van der Waals surface area contributed by atoms with Crippen molar-refractivity contribution in [2.24, 2.45) is 0 Å². The zero-order chi connectivity index (χ0) is 43.3. The minimum Gasteiger partial charge on any atom is -0.457 e. The molecule has 0 aliphatic heterocycles. The smallest absolute Gasteiger partial charge is 0.306 e. The van der Waals surface area contributed by atoms with E-state index in [0.29, 0.717) is 19.6 Å². The van der Waals surface area contributed by atoms with Crippen LogP contribution in [0.2, 0.25) is 0 Å². The zero-order valence-electron chi connectivity index (χ0n) is 41.3. The summed E-state index contributed by atoms with van der Waals surface area (Å²) in [6.07, 6.45) is 67.6. The van der Waals surface area contributed by atoms with Crippen molar-refractivity contribution in [2.75, 3.05) is 19.8 Å². The van der Waals surface area contributed by atoms with Gasteiger partial charge in [-0.05, 0) is 38.5 Å². The minimum atomic E-state index is -0.529. The van der Waals surface area contributed by atoms with Crippen LogP contribution in [0.3, 0.4) is 0 Å². The van der Waals surface area contributed by atoms with Crippen LogP contribution in [-0.4, -0.2) is 37.0 Å².